The summed E-state index contributed by atoms with van der Waals surface area (Å²) in [7, 11) is 0. The molecule has 0 radical (unpaired) electrons. The smallest absolute Gasteiger partial charge is 0.257 e. The number of piperazine rings is 1. The van der Waals surface area contributed by atoms with Gasteiger partial charge in [-0.1, -0.05) is 18.2 Å². The number of hydrogen-bond donors (Lipinski definition) is 1. The van der Waals surface area contributed by atoms with Crippen molar-refractivity contribution in [3.05, 3.63) is 65.2 Å². The van der Waals surface area contributed by atoms with Crippen LogP contribution in [0.2, 0.25) is 0 Å². The molecule has 2 aromatic carbocycles. The molecular weight excluding hydrogens is 360 g/mol. The Morgan fingerprint density at radius 3 is 2.36 bits per heavy atom. The summed E-state index contributed by atoms with van der Waals surface area (Å²) >= 11 is 0. The van der Waals surface area contributed by atoms with E-state index in [0.717, 1.165) is 57.7 Å². The number of carbonyl (C=O) groups excluding carboxylic acids is 1. The summed E-state index contributed by atoms with van der Waals surface area (Å²) in [6, 6.07) is 12.0. The molecular formula is C22H27F2N3O. The number of nitrogens with one attached hydrogen (secondary N) is 1. The van der Waals surface area contributed by atoms with Crippen LogP contribution >= 0.6 is 0 Å². The van der Waals surface area contributed by atoms with E-state index in [2.05, 4.69) is 46.3 Å². The van der Waals surface area contributed by atoms with E-state index < -0.39 is 23.1 Å². The highest BCUT2D eigenvalue weighted by atomic mass is 19.1. The number of anilines is 1. The maximum Gasteiger partial charge on any atom is 0.257 e. The lowest BCUT2D eigenvalue weighted by molar-refractivity contribution is 0.0944. The predicted octanol–water partition coefficient (Wildman–Crippen LogP) is 3.61. The van der Waals surface area contributed by atoms with Crippen LogP contribution in [0.4, 0.5) is 14.5 Å². The third-order valence-corrected chi connectivity index (χ3v) is 5.12. The molecule has 1 aliphatic rings. The van der Waals surface area contributed by atoms with Gasteiger partial charge in [0.05, 0.1) is 0 Å². The van der Waals surface area contributed by atoms with Gasteiger partial charge in [-0.15, -0.1) is 0 Å². The van der Waals surface area contributed by atoms with E-state index in [0.29, 0.717) is 6.54 Å². The van der Waals surface area contributed by atoms with Gasteiger partial charge < -0.3 is 10.2 Å². The van der Waals surface area contributed by atoms with Crippen LogP contribution in [0, 0.1) is 18.6 Å². The Kier molecular flexibility index (Phi) is 6.98. The van der Waals surface area contributed by atoms with E-state index in [9.17, 15) is 13.6 Å². The van der Waals surface area contributed by atoms with E-state index in [1.165, 1.54) is 17.3 Å². The van der Waals surface area contributed by atoms with E-state index >= 15 is 0 Å². The van der Waals surface area contributed by atoms with Gasteiger partial charge >= 0.3 is 0 Å². The molecule has 4 nitrogen and oxygen atoms in total. The number of rotatable bonds is 7. The standard InChI is InChI=1S/C22H27F2N3O/c1-17-6-4-7-18(16-17)27-14-12-26(13-15-27)11-3-2-10-25-22(28)21-19(23)8-5-9-20(21)24/h4-9,16H,2-3,10-15H2,1H3,(H,25,28). The van der Waals surface area contributed by atoms with Gasteiger partial charge in [0.15, 0.2) is 0 Å². The summed E-state index contributed by atoms with van der Waals surface area (Å²) in [5.41, 5.74) is 2.05. The zero-order valence-electron chi connectivity index (χ0n) is 16.3. The van der Waals surface area contributed by atoms with Crippen molar-refractivity contribution in [1.82, 2.24) is 10.2 Å². The highest BCUT2D eigenvalue weighted by Gasteiger charge is 2.18. The molecule has 1 amide bonds. The van der Waals surface area contributed by atoms with E-state index in [1.54, 1.807) is 0 Å². The number of hydrogen-bond acceptors (Lipinski definition) is 3. The Morgan fingerprint density at radius 1 is 1.00 bits per heavy atom. The fourth-order valence-corrected chi connectivity index (χ4v) is 3.52. The molecule has 0 aliphatic carbocycles. The van der Waals surface area contributed by atoms with Crippen molar-refractivity contribution in [1.29, 1.82) is 0 Å². The first-order chi connectivity index (χ1) is 13.5. The number of halogens is 2. The third kappa shape index (κ3) is 5.29. The Bertz CT molecular complexity index is 784. The largest absolute Gasteiger partial charge is 0.369 e. The van der Waals surface area contributed by atoms with Crippen LogP contribution in [-0.2, 0) is 0 Å². The predicted molar refractivity (Wildman–Crippen MR) is 108 cm³/mol. The molecule has 1 aliphatic heterocycles. The normalized spacial score (nSPS) is 14.9. The minimum atomic E-state index is -0.830. The second-order valence-corrected chi connectivity index (χ2v) is 7.23. The topological polar surface area (TPSA) is 35.6 Å². The summed E-state index contributed by atoms with van der Waals surface area (Å²) in [6.45, 7) is 7.53. The molecule has 0 saturated carbocycles. The number of unbranched alkanes of at least 4 members (excludes halogenated alkanes) is 1. The maximum absolute atomic E-state index is 13.6. The van der Waals surface area contributed by atoms with Crippen LogP contribution in [0.3, 0.4) is 0 Å². The second kappa shape index (κ2) is 9.64. The van der Waals surface area contributed by atoms with Gasteiger partial charge in [0.2, 0.25) is 0 Å². The van der Waals surface area contributed by atoms with Crippen LogP contribution in [0.1, 0.15) is 28.8 Å². The summed E-state index contributed by atoms with van der Waals surface area (Å²) in [5, 5.41) is 2.61. The second-order valence-electron chi connectivity index (χ2n) is 7.23. The molecule has 1 saturated heterocycles. The van der Waals surface area contributed by atoms with Crippen LogP contribution in [-0.4, -0.2) is 50.1 Å². The fourth-order valence-electron chi connectivity index (χ4n) is 3.52. The zero-order valence-corrected chi connectivity index (χ0v) is 16.3. The molecule has 6 heteroatoms. The van der Waals surface area contributed by atoms with Crippen LogP contribution in [0.15, 0.2) is 42.5 Å². The number of aryl methyl sites for hydroxylation is 1. The third-order valence-electron chi connectivity index (χ3n) is 5.12. The van der Waals surface area contributed by atoms with Crippen LogP contribution in [0.25, 0.3) is 0 Å². The number of amides is 1. The summed E-state index contributed by atoms with van der Waals surface area (Å²) < 4.78 is 27.2. The van der Waals surface area contributed by atoms with Crippen molar-refractivity contribution in [2.24, 2.45) is 0 Å². The minimum Gasteiger partial charge on any atom is -0.369 e. The van der Waals surface area contributed by atoms with Gasteiger partial charge in [-0.05, 0) is 56.1 Å². The quantitative estimate of drug-likeness (QED) is 0.738. The molecule has 0 atom stereocenters. The number of benzene rings is 2. The molecule has 3 rings (SSSR count). The average molecular weight is 387 g/mol. The van der Waals surface area contributed by atoms with Crippen molar-refractivity contribution in [3.63, 3.8) is 0 Å². The molecule has 0 unspecified atom stereocenters. The van der Waals surface area contributed by atoms with Gasteiger partial charge in [-0.2, -0.15) is 0 Å². The molecule has 0 bridgehead atoms. The molecule has 2 aromatic rings. The molecule has 1 fully saturated rings. The van der Waals surface area contributed by atoms with E-state index in [4.69, 9.17) is 0 Å². The number of nitrogens with zero attached hydrogens (tertiary/aromatic N) is 2. The lowest BCUT2D eigenvalue weighted by Crippen LogP contribution is -2.46. The molecule has 28 heavy (non-hydrogen) atoms. The van der Waals surface area contributed by atoms with E-state index in [-0.39, 0.29) is 0 Å². The van der Waals surface area contributed by atoms with E-state index in [1.807, 2.05) is 0 Å². The summed E-state index contributed by atoms with van der Waals surface area (Å²) in [5.74, 6) is -2.35. The van der Waals surface area contributed by atoms with Gasteiger partial charge in [-0.3, -0.25) is 9.69 Å². The van der Waals surface area contributed by atoms with Crippen LogP contribution < -0.4 is 10.2 Å². The van der Waals surface area contributed by atoms with Crippen molar-refractivity contribution < 1.29 is 13.6 Å². The summed E-state index contributed by atoms with van der Waals surface area (Å²) in [6.07, 6.45) is 1.71. The van der Waals surface area contributed by atoms with Gasteiger partial charge in [0.25, 0.3) is 5.91 Å². The molecule has 0 spiro atoms. The first-order valence-corrected chi connectivity index (χ1v) is 9.81. The van der Waals surface area contributed by atoms with Crippen molar-refractivity contribution in [3.8, 4) is 0 Å². The number of carbonyl (C=O) groups is 1. The molecule has 1 N–H and O–H groups in total. The van der Waals surface area contributed by atoms with Crippen molar-refractivity contribution in [2.75, 3.05) is 44.2 Å². The lowest BCUT2D eigenvalue weighted by Gasteiger charge is -2.36. The van der Waals surface area contributed by atoms with Crippen LogP contribution in [0.5, 0.6) is 0 Å². The fraction of sp³-hybridized carbons (Fsp3) is 0.409. The Hall–Kier alpha value is -2.47. The average Bonchev–Trinajstić information content (AvgIpc) is 2.68. The molecule has 150 valence electrons. The molecule has 1 heterocycles. The first kappa shape index (κ1) is 20.3. The zero-order chi connectivity index (χ0) is 19.9. The lowest BCUT2D eigenvalue weighted by atomic mass is 10.1. The highest BCUT2D eigenvalue weighted by Crippen LogP contribution is 2.18. The highest BCUT2D eigenvalue weighted by molar-refractivity contribution is 5.94. The van der Waals surface area contributed by atoms with Gasteiger partial charge in [0.1, 0.15) is 17.2 Å². The molecule has 0 aromatic heterocycles. The summed E-state index contributed by atoms with van der Waals surface area (Å²) in [4.78, 5) is 16.8. The van der Waals surface area contributed by atoms with Crippen molar-refractivity contribution in [2.45, 2.75) is 19.8 Å². The Balaban J connectivity index is 1.34. The Morgan fingerprint density at radius 2 is 1.68 bits per heavy atom. The van der Waals surface area contributed by atoms with Crippen molar-refractivity contribution >= 4 is 11.6 Å². The Labute approximate surface area is 165 Å². The SMILES string of the molecule is Cc1cccc(N2CCN(CCCCNC(=O)c3c(F)cccc3F)CC2)c1. The maximum atomic E-state index is 13.6. The van der Waals surface area contributed by atoms with Gasteiger partial charge in [0, 0.05) is 38.4 Å². The minimum absolute atomic E-state index is 0.413. The van der Waals surface area contributed by atoms with Gasteiger partial charge in [-0.25, -0.2) is 8.78 Å². The first-order valence-electron chi connectivity index (χ1n) is 9.81. The monoisotopic (exact) mass is 387 g/mol.